The summed E-state index contributed by atoms with van der Waals surface area (Å²) < 4.78 is 73.0. The summed E-state index contributed by atoms with van der Waals surface area (Å²) in [5, 5.41) is 0. The fourth-order valence-electron chi connectivity index (χ4n) is 1.11. The third-order valence-corrected chi connectivity index (χ3v) is 1.73. The summed E-state index contributed by atoms with van der Waals surface area (Å²) in [6, 6.07) is 1.46. The van der Waals surface area contributed by atoms with Gasteiger partial charge in [-0.15, -0.1) is 0 Å². The summed E-state index contributed by atoms with van der Waals surface area (Å²) >= 11 is 0. The van der Waals surface area contributed by atoms with E-state index in [4.69, 9.17) is 0 Å². The molecule has 0 fully saturated rings. The van der Waals surface area contributed by atoms with Crippen LogP contribution in [-0.4, -0.2) is 0 Å². The molecular formula is C9H7F6+. The Morgan fingerprint density at radius 3 is 1.40 bits per heavy atom. The van der Waals surface area contributed by atoms with Crippen molar-refractivity contribution >= 4 is 0 Å². The molecule has 0 saturated heterocycles. The summed E-state index contributed by atoms with van der Waals surface area (Å²) in [6.45, 7) is 1.18. The van der Waals surface area contributed by atoms with Crippen molar-refractivity contribution in [1.29, 1.82) is 0 Å². The number of alkyl halides is 6. The molecule has 6 heteroatoms. The second-order valence-corrected chi connectivity index (χ2v) is 3.08. The van der Waals surface area contributed by atoms with Crippen molar-refractivity contribution < 1.29 is 27.8 Å². The maximum Gasteiger partial charge on any atom is 1.00 e. The highest BCUT2D eigenvalue weighted by atomic mass is 19.4. The molecule has 0 unspecified atom stereocenters. The van der Waals surface area contributed by atoms with Crippen molar-refractivity contribution in [2.24, 2.45) is 0 Å². The Hall–Kier alpha value is -1.20. The van der Waals surface area contributed by atoms with Gasteiger partial charge in [0.2, 0.25) is 0 Å². The van der Waals surface area contributed by atoms with Gasteiger partial charge in [0.15, 0.2) is 0 Å². The van der Waals surface area contributed by atoms with Crippen LogP contribution in [0.15, 0.2) is 18.2 Å². The molecule has 0 atom stereocenters. The monoisotopic (exact) mass is 229 g/mol. The van der Waals surface area contributed by atoms with E-state index in [2.05, 4.69) is 0 Å². The highest BCUT2D eigenvalue weighted by molar-refractivity contribution is 5.32. The number of hydrogen-bond acceptors (Lipinski definition) is 0. The average molecular weight is 229 g/mol. The van der Waals surface area contributed by atoms with E-state index in [1.165, 1.54) is 6.92 Å². The molecule has 84 valence electrons. The molecule has 0 N–H and O–H groups in total. The minimum atomic E-state index is -4.76. The molecule has 0 bridgehead atoms. The molecule has 0 amide bonds. The predicted molar refractivity (Wildman–Crippen MR) is 42.3 cm³/mol. The van der Waals surface area contributed by atoms with Gasteiger partial charge in [-0.05, 0) is 30.7 Å². The van der Waals surface area contributed by atoms with Gasteiger partial charge in [0.1, 0.15) is 0 Å². The Bertz CT molecular complexity index is 333. The van der Waals surface area contributed by atoms with Crippen LogP contribution in [0.25, 0.3) is 0 Å². The third-order valence-electron chi connectivity index (χ3n) is 1.73. The lowest BCUT2D eigenvalue weighted by Crippen LogP contribution is -2.11. The number of benzene rings is 1. The lowest BCUT2D eigenvalue weighted by atomic mass is 10.1. The molecule has 0 nitrogen and oxygen atoms in total. The fourth-order valence-corrected chi connectivity index (χ4v) is 1.11. The topological polar surface area (TPSA) is 0 Å². The van der Waals surface area contributed by atoms with E-state index in [1.807, 2.05) is 0 Å². The molecule has 15 heavy (non-hydrogen) atoms. The van der Waals surface area contributed by atoms with E-state index in [-0.39, 0.29) is 13.1 Å². The van der Waals surface area contributed by atoms with Gasteiger partial charge in [-0.25, -0.2) is 0 Å². The van der Waals surface area contributed by atoms with Gasteiger partial charge < -0.3 is 0 Å². The summed E-state index contributed by atoms with van der Waals surface area (Å²) in [4.78, 5) is 0. The minimum absolute atomic E-state index is 0. The van der Waals surface area contributed by atoms with Crippen molar-refractivity contribution in [2.45, 2.75) is 19.3 Å². The van der Waals surface area contributed by atoms with Gasteiger partial charge in [-0.2, -0.15) is 26.3 Å². The van der Waals surface area contributed by atoms with Crippen LogP contribution in [0.2, 0.25) is 0 Å². The molecule has 1 rings (SSSR count). The maximum atomic E-state index is 12.2. The van der Waals surface area contributed by atoms with Crippen molar-refractivity contribution in [3.63, 3.8) is 0 Å². The van der Waals surface area contributed by atoms with Crippen LogP contribution in [0.4, 0.5) is 26.3 Å². The van der Waals surface area contributed by atoms with Gasteiger partial charge in [0.05, 0.1) is 11.1 Å². The van der Waals surface area contributed by atoms with E-state index < -0.39 is 23.5 Å². The molecule has 0 saturated carbocycles. The van der Waals surface area contributed by atoms with Crippen molar-refractivity contribution in [2.75, 3.05) is 0 Å². The first-order chi connectivity index (χ1) is 6.60. The van der Waals surface area contributed by atoms with E-state index in [1.54, 1.807) is 0 Å². The van der Waals surface area contributed by atoms with E-state index >= 15 is 0 Å². The molecule has 0 aliphatic rings. The molecule has 0 heterocycles. The summed E-state index contributed by atoms with van der Waals surface area (Å²) in [5.74, 6) is 0. The molecule has 0 radical (unpaired) electrons. The molecule has 0 aliphatic heterocycles. The van der Waals surface area contributed by atoms with Crippen LogP contribution in [0, 0.1) is 6.92 Å². The zero-order valence-corrected chi connectivity index (χ0v) is 7.50. The zero-order chi connectivity index (χ0) is 11.9. The Kier molecular flexibility index (Phi) is 2.71. The lowest BCUT2D eigenvalue weighted by Gasteiger charge is -2.12. The van der Waals surface area contributed by atoms with Gasteiger partial charge in [-0.1, -0.05) is 0 Å². The first-order valence-electron chi connectivity index (χ1n) is 3.87. The van der Waals surface area contributed by atoms with Gasteiger partial charge in [0, 0.05) is 0 Å². The number of hydrogen-bond donors (Lipinski definition) is 0. The zero-order valence-electron chi connectivity index (χ0n) is 8.50. The molecule has 1 aromatic rings. The Morgan fingerprint density at radius 2 is 1.13 bits per heavy atom. The van der Waals surface area contributed by atoms with Crippen LogP contribution >= 0.6 is 0 Å². The summed E-state index contributed by atoms with van der Waals surface area (Å²) in [6.07, 6.45) is -9.52. The average Bonchev–Trinajstić information content (AvgIpc) is 1.99. The minimum Gasteiger partial charge on any atom is -0.166 e. The van der Waals surface area contributed by atoms with E-state index in [0.717, 1.165) is 0 Å². The van der Waals surface area contributed by atoms with Crippen molar-refractivity contribution in [3.8, 4) is 0 Å². The third kappa shape index (κ3) is 2.87. The largest absolute Gasteiger partial charge is 1.00 e. The number of aryl methyl sites for hydroxylation is 1. The summed E-state index contributed by atoms with van der Waals surface area (Å²) in [7, 11) is 0. The Balaban J connectivity index is 0.00000225. The number of rotatable bonds is 0. The highest BCUT2D eigenvalue weighted by Crippen LogP contribution is 2.35. The Labute approximate surface area is 83.0 Å². The standard InChI is InChI=1S/C9H6F6/c1-5-2-6(8(10,11)12)4-7(3-5)9(13,14)15/h2-4H,1H3/p+1. The van der Waals surface area contributed by atoms with Crippen LogP contribution in [0.3, 0.4) is 0 Å². The smallest absolute Gasteiger partial charge is 0.166 e. The summed E-state index contributed by atoms with van der Waals surface area (Å²) in [5.41, 5.74) is -2.64. The van der Waals surface area contributed by atoms with Crippen LogP contribution in [-0.2, 0) is 12.4 Å². The van der Waals surface area contributed by atoms with Crippen molar-refractivity contribution in [1.82, 2.24) is 0 Å². The second-order valence-electron chi connectivity index (χ2n) is 3.08. The van der Waals surface area contributed by atoms with Crippen LogP contribution < -0.4 is 0 Å². The first kappa shape index (κ1) is 11.9. The van der Waals surface area contributed by atoms with Crippen LogP contribution in [0.1, 0.15) is 18.1 Å². The first-order valence-corrected chi connectivity index (χ1v) is 3.87. The fraction of sp³-hybridized carbons (Fsp3) is 0.333. The molecule has 0 spiro atoms. The van der Waals surface area contributed by atoms with Gasteiger partial charge >= 0.3 is 13.8 Å². The number of halogens is 6. The van der Waals surface area contributed by atoms with Gasteiger partial charge in [-0.3, -0.25) is 0 Å². The normalized spacial score (nSPS) is 13.0. The SMILES string of the molecule is Cc1cc(C(F)(F)F)cc(C(F)(F)F)c1.[H+]. The van der Waals surface area contributed by atoms with Gasteiger partial charge in [0.25, 0.3) is 0 Å². The highest BCUT2D eigenvalue weighted by Gasteiger charge is 2.36. The van der Waals surface area contributed by atoms with E-state index in [9.17, 15) is 26.3 Å². The maximum absolute atomic E-state index is 12.2. The Morgan fingerprint density at radius 1 is 0.800 bits per heavy atom. The predicted octanol–water partition coefficient (Wildman–Crippen LogP) is 4.15. The van der Waals surface area contributed by atoms with E-state index in [0.29, 0.717) is 12.1 Å². The molecule has 1 aromatic carbocycles. The quantitative estimate of drug-likeness (QED) is 0.586. The van der Waals surface area contributed by atoms with Crippen LogP contribution in [0.5, 0.6) is 0 Å². The molecule has 0 aromatic heterocycles. The van der Waals surface area contributed by atoms with Crippen molar-refractivity contribution in [3.05, 3.63) is 34.9 Å². The lowest BCUT2D eigenvalue weighted by molar-refractivity contribution is -0.143. The molecule has 0 aliphatic carbocycles. The second kappa shape index (κ2) is 3.43. The molecular weight excluding hydrogens is 222 g/mol.